The molecule has 1 aromatic heterocycles. The average molecular weight is 378 g/mol. The number of aromatic nitrogens is 2. The summed E-state index contributed by atoms with van der Waals surface area (Å²) in [5.41, 5.74) is 1.90. The third-order valence-electron chi connectivity index (χ3n) is 3.95. The van der Waals surface area contributed by atoms with Crippen LogP contribution >= 0.6 is 0 Å². The summed E-state index contributed by atoms with van der Waals surface area (Å²) in [6, 6.07) is 15.0. The third-order valence-corrected chi connectivity index (χ3v) is 3.95. The maximum Gasteiger partial charge on any atom is 0.275 e. The summed E-state index contributed by atoms with van der Waals surface area (Å²) in [4.78, 5) is 20.9. The van der Waals surface area contributed by atoms with Gasteiger partial charge in [-0.3, -0.25) is 4.79 Å². The number of anilines is 2. The van der Waals surface area contributed by atoms with Crippen molar-refractivity contribution < 1.29 is 14.3 Å². The predicted octanol–water partition coefficient (Wildman–Crippen LogP) is 3.75. The van der Waals surface area contributed by atoms with Gasteiger partial charge in [0.1, 0.15) is 23.0 Å². The maximum atomic E-state index is 12.4. The summed E-state index contributed by atoms with van der Waals surface area (Å²) in [5, 5.41) is 5.98. The van der Waals surface area contributed by atoms with Crippen molar-refractivity contribution in [3.8, 4) is 11.5 Å². The topological polar surface area (TPSA) is 85.4 Å². The van der Waals surface area contributed by atoms with Crippen LogP contribution in [0.5, 0.6) is 11.5 Å². The number of amides is 1. The highest BCUT2D eigenvalue weighted by Gasteiger charge is 2.11. The highest BCUT2D eigenvalue weighted by Crippen LogP contribution is 2.24. The van der Waals surface area contributed by atoms with E-state index in [9.17, 15) is 4.79 Å². The first-order valence-electron chi connectivity index (χ1n) is 8.91. The van der Waals surface area contributed by atoms with E-state index < -0.39 is 0 Å². The van der Waals surface area contributed by atoms with Gasteiger partial charge in [-0.05, 0) is 36.8 Å². The number of nitrogens with one attached hydrogen (secondary N) is 2. The van der Waals surface area contributed by atoms with Gasteiger partial charge in [0.05, 0.1) is 31.8 Å². The molecule has 1 amide bonds. The fraction of sp³-hybridized carbons (Fsp3) is 0.190. The molecule has 2 N–H and O–H groups in total. The number of nitrogens with zero attached hydrogens (tertiary/aromatic N) is 2. The number of hydrogen-bond acceptors (Lipinski definition) is 6. The van der Waals surface area contributed by atoms with Crippen LogP contribution in [0.25, 0.3) is 0 Å². The first kappa shape index (κ1) is 19.2. The van der Waals surface area contributed by atoms with Gasteiger partial charge in [-0.1, -0.05) is 24.3 Å². The molecule has 1 heterocycles. The number of rotatable bonds is 8. The lowest BCUT2D eigenvalue weighted by molar-refractivity contribution is 0.102. The molecule has 0 bridgehead atoms. The molecule has 0 unspecified atom stereocenters. The monoisotopic (exact) mass is 378 g/mol. The lowest BCUT2D eigenvalue weighted by atomic mass is 10.2. The lowest BCUT2D eigenvalue weighted by Crippen LogP contribution is -2.15. The maximum absolute atomic E-state index is 12.4. The van der Waals surface area contributed by atoms with Gasteiger partial charge in [0.25, 0.3) is 5.91 Å². The molecule has 0 saturated heterocycles. The molecule has 0 aliphatic heterocycles. The molecule has 0 saturated carbocycles. The van der Waals surface area contributed by atoms with E-state index in [4.69, 9.17) is 9.47 Å². The Kier molecular flexibility index (Phi) is 6.41. The van der Waals surface area contributed by atoms with Crippen molar-refractivity contribution in [1.82, 2.24) is 9.97 Å². The number of para-hydroxylation sites is 2. The van der Waals surface area contributed by atoms with E-state index in [1.54, 1.807) is 19.2 Å². The van der Waals surface area contributed by atoms with Crippen LogP contribution in [0.1, 0.15) is 23.0 Å². The van der Waals surface area contributed by atoms with Crippen LogP contribution in [-0.2, 0) is 6.54 Å². The van der Waals surface area contributed by atoms with Gasteiger partial charge in [0.15, 0.2) is 0 Å². The fourth-order valence-corrected chi connectivity index (χ4v) is 2.51. The number of methoxy groups -OCH3 is 1. The van der Waals surface area contributed by atoms with E-state index in [0.717, 1.165) is 11.3 Å². The smallest absolute Gasteiger partial charge is 0.275 e. The minimum atomic E-state index is -0.346. The molecule has 7 nitrogen and oxygen atoms in total. The van der Waals surface area contributed by atoms with Crippen molar-refractivity contribution in [2.45, 2.75) is 13.5 Å². The molecule has 0 radical (unpaired) electrons. The summed E-state index contributed by atoms with van der Waals surface area (Å²) in [6.45, 7) is 2.99. The summed E-state index contributed by atoms with van der Waals surface area (Å²) in [5.74, 6) is 1.66. The number of carbonyl (C=O) groups is 1. The standard InChI is InChI=1S/C21H22N4O3/c1-3-28-19-7-5-4-6-17(19)25-21(26)18-13-24-20(14-22-18)23-12-15-8-10-16(27-2)11-9-15/h4-11,13-14H,3,12H2,1-2H3,(H,23,24)(H,25,26). The molecule has 0 aliphatic carbocycles. The van der Waals surface area contributed by atoms with Crippen LogP contribution in [-0.4, -0.2) is 29.6 Å². The van der Waals surface area contributed by atoms with Gasteiger partial charge in [-0.15, -0.1) is 0 Å². The molecule has 3 rings (SSSR count). The van der Waals surface area contributed by atoms with E-state index >= 15 is 0 Å². The fourth-order valence-electron chi connectivity index (χ4n) is 2.51. The zero-order chi connectivity index (χ0) is 19.8. The van der Waals surface area contributed by atoms with Gasteiger partial charge in [-0.2, -0.15) is 0 Å². The van der Waals surface area contributed by atoms with Crippen molar-refractivity contribution in [2.75, 3.05) is 24.4 Å². The Morgan fingerprint density at radius 3 is 2.50 bits per heavy atom. The van der Waals surface area contributed by atoms with Gasteiger partial charge < -0.3 is 20.1 Å². The van der Waals surface area contributed by atoms with Crippen molar-refractivity contribution in [1.29, 1.82) is 0 Å². The van der Waals surface area contributed by atoms with Crippen LogP contribution in [0, 0.1) is 0 Å². The first-order valence-corrected chi connectivity index (χ1v) is 8.91. The molecule has 0 spiro atoms. The van der Waals surface area contributed by atoms with Crippen LogP contribution in [0.4, 0.5) is 11.5 Å². The number of hydrogen-bond donors (Lipinski definition) is 2. The lowest BCUT2D eigenvalue weighted by Gasteiger charge is -2.11. The summed E-state index contributed by atoms with van der Waals surface area (Å²) in [7, 11) is 1.63. The Balaban J connectivity index is 1.59. The number of ether oxygens (including phenoxy) is 2. The third kappa shape index (κ3) is 4.97. The van der Waals surface area contributed by atoms with Crippen LogP contribution < -0.4 is 20.1 Å². The summed E-state index contributed by atoms with van der Waals surface area (Å²) in [6.07, 6.45) is 2.97. The van der Waals surface area contributed by atoms with Gasteiger partial charge >= 0.3 is 0 Å². The van der Waals surface area contributed by atoms with Gasteiger partial charge in [0.2, 0.25) is 0 Å². The Morgan fingerprint density at radius 1 is 1.04 bits per heavy atom. The molecule has 0 fully saturated rings. The van der Waals surface area contributed by atoms with Crippen molar-refractivity contribution in [3.05, 3.63) is 72.2 Å². The molecule has 28 heavy (non-hydrogen) atoms. The second-order valence-corrected chi connectivity index (χ2v) is 5.87. The Labute approximate surface area is 163 Å². The van der Waals surface area contributed by atoms with E-state index in [2.05, 4.69) is 20.6 Å². The van der Waals surface area contributed by atoms with E-state index in [1.807, 2.05) is 43.3 Å². The zero-order valence-electron chi connectivity index (χ0n) is 15.8. The summed E-state index contributed by atoms with van der Waals surface area (Å²) >= 11 is 0. The first-order chi connectivity index (χ1) is 13.7. The second kappa shape index (κ2) is 9.36. The molecular formula is C21H22N4O3. The van der Waals surface area contributed by atoms with Crippen molar-refractivity contribution >= 4 is 17.4 Å². The minimum absolute atomic E-state index is 0.223. The van der Waals surface area contributed by atoms with Crippen LogP contribution in [0.2, 0.25) is 0 Å². The van der Waals surface area contributed by atoms with E-state index in [-0.39, 0.29) is 11.6 Å². The quantitative estimate of drug-likeness (QED) is 0.621. The summed E-state index contributed by atoms with van der Waals surface area (Å²) < 4.78 is 10.7. The average Bonchev–Trinajstić information content (AvgIpc) is 2.74. The van der Waals surface area contributed by atoms with Crippen LogP contribution in [0.15, 0.2) is 60.9 Å². The highest BCUT2D eigenvalue weighted by molar-refractivity contribution is 6.03. The van der Waals surface area contributed by atoms with Crippen molar-refractivity contribution in [3.63, 3.8) is 0 Å². The number of benzene rings is 2. The molecule has 7 heteroatoms. The molecule has 3 aromatic rings. The SMILES string of the molecule is CCOc1ccccc1NC(=O)c1cnc(NCc2ccc(OC)cc2)cn1. The largest absolute Gasteiger partial charge is 0.497 e. The van der Waals surface area contributed by atoms with Gasteiger partial charge in [0, 0.05) is 6.54 Å². The normalized spacial score (nSPS) is 10.2. The Morgan fingerprint density at radius 2 is 1.82 bits per heavy atom. The molecule has 144 valence electrons. The minimum Gasteiger partial charge on any atom is -0.497 e. The van der Waals surface area contributed by atoms with Gasteiger partial charge in [-0.25, -0.2) is 9.97 Å². The predicted molar refractivity (Wildman–Crippen MR) is 108 cm³/mol. The van der Waals surface area contributed by atoms with E-state index in [1.165, 1.54) is 12.4 Å². The molecule has 0 atom stereocenters. The highest BCUT2D eigenvalue weighted by atomic mass is 16.5. The Hall–Kier alpha value is -3.61. The van der Waals surface area contributed by atoms with Crippen LogP contribution in [0.3, 0.4) is 0 Å². The van der Waals surface area contributed by atoms with Crippen molar-refractivity contribution in [2.24, 2.45) is 0 Å². The molecular weight excluding hydrogens is 356 g/mol. The Bertz CT molecular complexity index is 912. The van der Waals surface area contributed by atoms with E-state index in [0.29, 0.717) is 30.4 Å². The number of carbonyl (C=O) groups excluding carboxylic acids is 1. The zero-order valence-corrected chi connectivity index (χ0v) is 15.8. The molecule has 0 aliphatic rings. The molecule has 2 aromatic carbocycles. The second-order valence-electron chi connectivity index (χ2n) is 5.87.